The Kier molecular flexibility index (Phi) is 7.56. The smallest absolute Gasteiger partial charge is 0.0945 e. The molecule has 2 heterocycles. The van der Waals surface area contributed by atoms with Gasteiger partial charge in [0.2, 0.25) is 0 Å². The van der Waals surface area contributed by atoms with Gasteiger partial charge < -0.3 is 4.57 Å². The van der Waals surface area contributed by atoms with Crippen LogP contribution in [-0.4, -0.2) is 25.1 Å². The van der Waals surface area contributed by atoms with Gasteiger partial charge in [0.1, 0.15) is 0 Å². The molecule has 0 N–H and O–H groups in total. The van der Waals surface area contributed by atoms with Gasteiger partial charge in [-0.05, 0) is 54.2 Å². The Balaban J connectivity index is 1.64. The number of benzene rings is 1. The summed E-state index contributed by atoms with van der Waals surface area (Å²) in [5.74, 6) is 3.53. The van der Waals surface area contributed by atoms with Crippen molar-refractivity contribution in [1.29, 1.82) is 0 Å². The van der Waals surface area contributed by atoms with E-state index < -0.39 is 0 Å². The SMILES string of the molecule is CCCc1ccc(CC2(CCCn3ccnc3)SCC(CC)CS2)cc1. The van der Waals surface area contributed by atoms with Crippen molar-refractivity contribution in [2.75, 3.05) is 11.5 Å². The van der Waals surface area contributed by atoms with Crippen molar-refractivity contribution in [3.8, 4) is 0 Å². The second kappa shape index (κ2) is 9.89. The molecule has 1 aliphatic rings. The number of imidazole rings is 1. The van der Waals surface area contributed by atoms with E-state index in [2.05, 4.69) is 77.4 Å². The molecule has 0 atom stereocenters. The molecule has 0 spiro atoms. The number of rotatable bonds is 9. The number of nitrogens with zero attached hydrogens (tertiary/aromatic N) is 2. The summed E-state index contributed by atoms with van der Waals surface area (Å²) in [6.45, 7) is 5.67. The number of aromatic nitrogens is 2. The molecular formula is C22H32N2S2. The first-order valence-corrected chi connectivity index (χ1v) is 12.0. The minimum absolute atomic E-state index is 0.346. The summed E-state index contributed by atoms with van der Waals surface area (Å²) >= 11 is 4.46. The minimum atomic E-state index is 0.346. The first-order valence-electron chi connectivity index (χ1n) is 10.0. The van der Waals surface area contributed by atoms with Crippen LogP contribution in [0.3, 0.4) is 0 Å². The number of thioether (sulfide) groups is 2. The first-order chi connectivity index (χ1) is 12.7. The Bertz CT molecular complexity index is 629. The van der Waals surface area contributed by atoms with Gasteiger partial charge in [-0.15, -0.1) is 23.5 Å². The molecular weight excluding hydrogens is 356 g/mol. The molecule has 3 rings (SSSR count). The van der Waals surface area contributed by atoms with Crippen LogP contribution in [0.1, 0.15) is 50.7 Å². The summed E-state index contributed by atoms with van der Waals surface area (Å²) < 4.78 is 2.55. The minimum Gasteiger partial charge on any atom is -0.337 e. The Morgan fingerprint density at radius 2 is 1.85 bits per heavy atom. The Morgan fingerprint density at radius 3 is 2.46 bits per heavy atom. The largest absolute Gasteiger partial charge is 0.337 e. The fraction of sp³-hybridized carbons (Fsp3) is 0.591. The highest BCUT2D eigenvalue weighted by atomic mass is 32.2. The molecule has 142 valence electrons. The zero-order valence-electron chi connectivity index (χ0n) is 16.2. The van der Waals surface area contributed by atoms with Gasteiger partial charge in [0.05, 0.1) is 10.4 Å². The average Bonchev–Trinajstić information content (AvgIpc) is 3.18. The van der Waals surface area contributed by atoms with Gasteiger partial charge in [0, 0.05) is 18.9 Å². The lowest BCUT2D eigenvalue weighted by Gasteiger charge is -2.39. The van der Waals surface area contributed by atoms with Crippen LogP contribution in [0.2, 0.25) is 0 Å². The maximum absolute atomic E-state index is 4.17. The normalized spacial score (nSPS) is 23.2. The Hall–Kier alpha value is -0.870. The average molecular weight is 389 g/mol. The molecule has 1 aromatic carbocycles. The molecule has 4 heteroatoms. The molecule has 0 bridgehead atoms. The monoisotopic (exact) mass is 388 g/mol. The van der Waals surface area contributed by atoms with Crippen molar-refractivity contribution in [1.82, 2.24) is 9.55 Å². The molecule has 2 nitrogen and oxygen atoms in total. The van der Waals surface area contributed by atoms with Crippen molar-refractivity contribution in [3.05, 3.63) is 54.1 Å². The Morgan fingerprint density at radius 1 is 1.12 bits per heavy atom. The van der Waals surface area contributed by atoms with E-state index in [-0.39, 0.29) is 0 Å². The van der Waals surface area contributed by atoms with Gasteiger partial charge >= 0.3 is 0 Å². The number of aryl methyl sites for hydroxylation is 2. The molecule has 1 saturated heterocycles. The third-order valence-electron chi connectivity index (χ3n) is 5.31. The van der Waals surface area contributed by atoms with E-state index in [0.717, 1.165) is 12.5 Å². The second-order valence-electron chi connectivity index (χ2n) is 7.45. The summed E-state index contributed by atoms with van der Waals surface area (Å²) in [5.41, 5.74) is 2.97. The van der Waals surface area contributed by atoms with E-state index in [1.165, 1.54) is 61.2 Å². The highest BCUT2D eigenvalue weighted by Crippen LogP contribution is 2.49. The van der Waals surface area contributed by atoms with Gasteiger partial charge in [-0.25, -0.2) is 4.98 Å². The van der Waals surface area contributed by atoms with Crippen LogP contribution in [0.4, 0.5) is 0 Å². The highest BCUT2D eigenvalue weighted by molar-refractivity contribution is 8.18. The molecule has 0 aliphatic carbocycles. The predicted molar refractivity (Wildman–Crippen MR) is 117 cm³/mol. The predicted octanol–water partition coefficient (Wildman–Crippen LogP) is 6.06. The molecule has 1 aromatic heterocycles. The zero-order valence-corrected chi connectivity index (χ0v) is 17.8. The quantitative estimate of drug-likeness (QED) is 0.520. The van der Waals surface area contributed by atoms with Crippen LogP contribution in [0.5, 0.6) is 0 Å². The third kappa shape index (κ3) is 5.56. The van der Waals surface area contributed by atoms with Crippen LogP contribution in [-0.2, 0) is 19.4 Å². The van der Waals surface area contributed by atoms with Crippen molar-refractivity contribution >= 4 is 23.5 Å². The van der Waals surface area contributed by atoms with Crippen molar-refractivity contribution in [2.45, 2.75) is 63.0 Å². The van der Waals surface area contributed by atoms with Crippen molar-refractivity contribution < 1.29 is 0 Å². The topological polar surface area (TPSA) is 17.8 Å². The van der Waals surface area contributed by atoms with E-state index in [1.54, 1.807) is 0 Å². The van der Waals surface area contributed by atoms with Gasteiger partial charge in [0.25, 0.3) is 0 Å². The van der Waals surface area contributed by atoms with Crippen LogP contribution < -0.4 is 0 Å². The molecule has 0 amide bonds. The number of hydrogen-bond acceptors (Lipinski definition) is 3. The van der Waals surface area contributed by atoms with E-state index in [9.17, 15) is 0 Å². The van der Waals surface area contributed by atoms with Crippen LogP contribution in [0.25, 0.3) is 0 Å². The molecule has 1 fully saturated rings. The van der Waals surface area contributed by atoms with Crippen molar-refractivity contribution in [2.24, 2.45) is 5.92 Å². The lowest BCUT2D eigenvalue weighted by molar-refractivity contribution is 0.564. The molecule has 0 saturated carbocycles. The first kappa shape index (κ1) is 19.9. The summed E-state index contributed by atoms with van der Waals surface area (Å²) in [4.78, 5) is 4.17. The van der Waals surface area contributed by atoms with Gasteiger partial charge in [-0.2, -0.15) is 0 Å². The summed E-state index contributed by atoms with van der Waals surface area (Å²) in [6, 6.07) is 9.42. The summed E-state index contributed by atoms with van der Waals surface area (Å²) in [6.07, 6.45) is 13.3. The van der Waals surface area contributed by atoms with Crippen molar-refractivity contribution in [3.63, 3.8) is 0 Å². The van der Waals surface area contributed by atoms with Crippen LogP contribution in [0.15, 0.2) is 43.0 Å². The lowest BCUT2D eigenvalue weighted by Crippen LogP contribution is -2.32. The van der Waals surface area contributed by atoms with E-state index >= 15 is 0 Å². The zero-order chi connectivity index (χ0) is 18.2. The second-order valence-corrected chi connectivity index (χ2v) is 10.5. The summed E-state index contributed by atoms with van der Waals surface area (Å²) in [7, 11) is 0. The summed E-state index contributed by atoms with van der Waals surface area (Å²) in [5, 5.41) is 0. The fourth-order valence-corrected chi connectivity index (χ4v) is 7.36. The third-order valence-corrected chi connectivity index (χ3v) is 9.04. The van der Waals surface area contributed by atoms with E-state index in [4.69, 9.17) is 0 Å². The van der Waals surface area contributed by atoms with Gasteiger partial charge in [-0.3, -0.25) is 0 Å². The molecule has 1 aliphatic heterocycles. The van der Waals surface area contributed by atoms with Gasteiger partial charge in [0.15, 0.2) is 0 Å². The number of hydrogen-bond donors (Lipinski definition) is 0. The van der Waals surface area contributed by atoms with Crippen LogP contribution >= 0.6 is 23.5 Å². The lowest BCUT2D eigenvalue weighted by atomic mass is 10.0. The Labute approximate surface area is 167 Å². The maximum atomic E-state index is 4.17. The van der Waals surface area contributed by atoms with E-state index in [0.29, 0.717) is 4.08 Å². The fourth-order valence-electron chi connectivity index (χ4n) is 3.57. The molecule has 2 aromatic rings. The standard InChI is InChI=1S/C22H32N2S2/c1-3-6-20-7-9-21(10-8-20)15-22(25-16-19(4-2)17-26-22)11-5-13-24-14-12-23-18-24/h7-10,12,14,18-19H,3-6,11,13,15-17H2,1-2H3. The molecule has 0 radical (unpaired) electrons. The maximum Gasteiger partial charge on any atom is 0.0945 e. The molecule has 0 unspecified atom stereocenters. The highest BCUT2D eigenvalue weighted by Gasteiger charge is 2.36. The molecule has 26 heavy (non-hydrogen) atoms. The van der Waals surface area contributed by atoms with E-state index in [1.807, 2.05) is 12.5 Å². The van der Waals surface area contributed by atoms with Crippen LogP contribution in [0, 0.1) is 5.92 Å². The van der Waals surface area contributed by atoms with Gasteiger partial charge in [-0.1, -0.05) is 51.0 Å².